The van der Waals surface area contributed by atoms with Crippen LogP contribution in [0.25, 0.3) is 0 Å². The molecule has 1 rings (SSSR count). The third-order valence-corrected chi connectivity index (χ3v) is 2.17. The molecule has 1 nitrogen and oxygen atoms in total. The van der Waals surface area contributed by atoms with Crippen LogP contribution in [0.5, 0.6) is 0 Å². The SMILES string of the molecule is CCCCCCOCc1[c-]cccc1.[Br-].[Mg+2]. The Morgan fingerprint density at radius 1 is 1.19 bits per heavy atom. The third-order valence-electron chi connectivity index (χ3n) is 2.17. The van der Waals surface area contributed by atoms with Gasteiger partial charge in [0.2, 0.25) is 0 Å². The van der Waals surface area contributed by atoms with Gasteiger partial charge in [-0.15, -0.1) is 5.56 Å². The second-order valence-corrected chi connectivity index (χ2v) is 3.50. The van der Waals surface area contributed by atoms with Gasteiger partial charge in [0.15, 0.2) is 0 Å². The molecule has 0 bridgehead atoms. The van der Waals surface area contributed by atoms with Crippen LogP contribution in [0.1, 0.15) is 38.2 Å². The molecular formula is C13H19BrMgO. The first-order valence-electron chi connectivity index (χ1n) is 5.47. The summed E-state index contributed by atoms with van der Waals surface area (Å²) in [6.45, 7) is 3.80. The first-order chi connectivity index (χ1) is 6.93. The Balaban J connectivity index is 0. The van der Waals surface area contributed by atoms with E-state index in [1.54, 1.807) is 0 Å². The molecule has 16 heavy (non-hydrogen) atoms. The molecule has 0 spiro atoms. The maximum absolute atomic E-state index is 5.54. The van der Waals surface area contributed by atoms with Crippen LogP contribution in [0.4, 0.5) is 0 Å². The van der Waals surface area contributed by atoms with E-state index in [1.807, 2.05) is 24.3 Å². The average molecular weight is 296 g/mol. The molecule has 0 aromatic heterocycles. The molecule has 0 saturated carbocycles. The molecule has 0 N–H and O–H groups in total. The van der Waals surface area contributed by atoms with Gasteiger partial charge in [-0.3, -0.25) is 0 Å². The molecule has 0 amide bonds. The molecule has 86 valence electrons. The summed E-state index contributed by atoms with van der Waals surface area (Å²) in [5, 5.41) is 0. The summed E-state index contributed by atoms with van der Waals surface area (Å²) in [4.78, 5) is 0. The molecule has 0 heterocycles. The number of halogens is 1. The van der Waals surface area contributed by atoms with Crippen molar-refractivity contribution in [1.82, 2.24) is 0 Å². The van der Waals surface area contributed by atoms with E-state index in [0.29, 0.717) is 6.61 Å². The van der Waals surface area contributed by atoms with Crippen molar-refractivity contribution in [2.45, 2.75) is 39.2 Å². The van der Waals surface area contributed by atoms with Gasteiger partial charge in [-0.2, -0.15) is 30.3 Å². The smallest absolute Gasteiger partial charge is 1.00 e. The summed E-state index contributed by atoms with van der Waals surface area (Å²) in [7, 11) is 0. The monoisotopic (exact) mass is 294 g/mol. The maximum Gasteiger partial charge on any atom is 2.00 e. The van der Waals surface area contributed by atoms with E-state index in [0.717, 1.165) is 12.2 Å². The quantitative estimate of drug-likeness (QED) is 0.397. The predicted molar refractivity (Wildman–Crippen MR) is 64.8 cm³/mol. The zero-order valence-corrected chi connectivity index (χ0v) is 13.0. The summed E-state index contributed by atoms with van der Waals surface area (Å²) < 4.78 is 5.54. The Labute approximate surface area is 126 Å². The maximum atomic E-state index is 5.54. The molecule has 0 saturated heterocycles. The Bertz CT molecular complexity index is 229. The van der Waals surface area contributed by atoms with E-state index in [4.69, 9.17) is 4.74 Å². The number of benzene rings is 1. The van der Waals surface area contributed by atoms with Crippen molar-refractivity contribution in [2.75, 3.05) is 6.61 Å². The van der Waals surface area contributed by atoms with Crippen molar-refractivity contribution < 1.29 is 21.7 Å². The van der Waals surface area contributed by atoms with Crippen molar-refractivity contribution in [1.29, 1.82) is 0 Å². The minimum absolute atomic E-state index is 0. The van der Waals surface area contributed by atoms with Gasteiger partial charge >= 0.3 is 23.1 Å². The molecule has 1 aromatic rings. The molecule has 0 fully saturated rings. The molecule has 0 atom stereocenters. The fourth-order valence-electron chi connectivity index (χ4n) is 1.33. The van der Waals surface area contributed by atoms with Crippen molar-refractivity contribution in [3.8, 4) is 0 Å². The van der Waals surface area contributed by atoms with E-state index < -0.39 is 0 Å². The fraction of sp³-hybridized carbons (Fsp3) is 0.538. The zero-order chi connectivity index (χ0) is 10.1. The Kier molecular flexibility index (Phi) is 15.8. The minimum atomic E-state index is 0. The van der Waals surface area contributed by atoms with Gasteiger partial charge in [-0.1, -0.05) is 26.2 Å². The van der Waals surface area contributed by atoms with Gasteiger partial charge in [0.1, 0.15) is 0 Å². The molecule has 0 unspecified atom stereocenters. The van der Waals surface area contributed by atoms with Gasteiger partial charge in [0, 0.05) is 13.2 Å². The van der Waals surface area contributed by atoms with Gasteiger partial charge in [0.05, 0.1) is 0 Å². The zero-order valence-electron chi connectivity index (χ0n) is 10.0. The summed E-state index contributed by atoms with van der Waals surface area (Å²) in [6, 6.07) is 11.1. The summed E-state index contributed by atoms with van der Waals surface area (Å²) in [5.41, 5.74) is 1.14. The second kappa shape index (κ2) is 13.5. The number of hydrogen-bond donors (Lipinski definition) is 0. The van der Waals surface area contributed by atoms with E-state index in [2.05, 4.69) is 13.0 Å². The topological polar surface area (TPSA) is 9.23 Å². The molecule has 3 heteroatoms. The number of hydrogen-bond acceptors (Lipinski definition) is 1. The van der Waals surface area contributed by atoms with Crippen LogP contribution in [0.2, 0.25) is 0 Å². The van der Waals surface area contributed by atoms with E-state index >= 15 is 0 Å². The van der Waals surface area contributed by atoms with Crippen molar-refractivity contribution in [2.24, 2.45) is 0 Å². The van der Waals surface area contributed by atoms with Gasteiger partial charge in [-0.05, 0) is 6.42 Å². The Hall–Kier alpha value is 0.426. The molecular weight excluding hydrogens is 276 g/mol. The second-order valence-electron chi connectivity index (χ2n) is 3.50. The van der Waals surface area contributed by atoms with Gasteiger partial charge < -0.3 is 21.7 Å². The van der Waals surface area contributed by atoms with Crippen molar-refractivity contribution >= 4 is 23.1 Å². The molecule has 1 aromatic carbocycles. The average Bonchev–Trinajstić information content (AvgIpc) is 2.25. The fourth-order valence-corrected chi connectivity index (χ4v) is 1.33. The van der Waals surface area contributed by atoms with Crippen LogP contribution in [-0.4, -0.2) is 29.7 Å². The number of rotatable bonds is 7. The van der Waals surface area contributed by atoms with Crippen LogP contribution < -0.4 is 17.0 Å². The van der Waals surface area contributed by atoms with Crippen molar-refractivity contribution in [3.05, 3.63) is 35.9 Å². The van der Waals surface area contributed by atoms with Crippen LogP contribution in [-0.2, 0) is 11.3 Å². The standard InChI is InChI=1S/C13H19O.BrH.Mg/c1-2-3-4-8-11-14-12-13-9-6-5-7-10-13;;/h5-7,9H,2-4,8,11-12H2,1H3;1H;/q-1;;+2/p-1. The van der Waals surface area contributed by atoms with Crippen LogP contribution in [0.3, 0.4) is 0 Å². The number of unbranched alkanes of at least 4 members (excludes halogenated alkanes) is 3. The van der Waals surface area contributed by atoms with Crippen LogP contribution >= 0.6 is 0 Å². The molecule has 0 aliphatic carbocycles. The van der Waals surface area contributed by atoms with Crippen LogP contribution in [0.15, 0.2) is 24.3 Å². The van der Waals surface area contributed by atoms with Gasteiger partial charge in [-0.25, -0.2) is 0 Å². The summed E-state index contributed by atoms with van der Waals surface area (Å²) in [5.74, 6) is 0. The molecule has 0 aliphatic heterocycles. The largest absolute Gasteiger partial charge is 2.00 e. The predicted octanol–water partition coefficient (Wildman–Crippen LogP) is 0.207. The first kappa shape index (κ1) is 18.8. The third kappa shape index (κ3) is 9.64. The Morgan fingerprint density at radius 3 is 2.62 bits per heavy atom. The number of ether oxygens (including phenoxy) is 1. The van der Waals surface area contributed by atoms with Gasteiger partial charge in [0.25, 0.3) is 0 Å². The van der Waals surface area contributed by atoms with Crippen molar-refractivity contribution in [3.63, 3.8) is 0 Å². The summed E-state index contributed by atoms with van der Waals surface area (Å²) in [6.07, 6.45) is 5.07. The van der Waals surface area contributed by atoms with E-state index in [-0.39, 0.29) is 40.0 Å². The van der Waals surface area contributed by atoms with E-state index in [9.17, 15) is 0 Å². The summed E-state index contributed by atoms with van der Waals surface area (Å²) >= 11 is 0. The molecule has 0 aliphatic rings. The van der Waals surface area contributed by atoms with E-state index in [1.165, 1.54) is 25.7 Å². The first-order valence-corrected chi connectivity index (χ1v) is 5.47. The minimum Gasteiger partial charge on any atom is -1.00 e. The Morgan fingerprint density at radius 2 is 2.00 bits per heavy atom. The molecule has 0 radical (unpaired) electrons. The van der Waals surface area contributed by atoms with Crippen LogP contribution in [0, 0.1) is 6.07 Å². The normalized spacial score (nSPS) is 9.06.